The Balaban J connectivity index is 2.64. The second-order valence-corrected chi connectivity index (χ2v) is 4.36. The van der Waals surface area contributed by atoms with E-state index in [1.54, 1.807) is 18.2 Å². The van der Waals surface area contributed by atoms with Crippen molar-refractivity contribution in [3.05, 3.63) is 50.5 Å². The summed E-state index contributed by atoms with van der Waals surface area (Å²) in [7, 11) is 0. The first kappa shape index (κ1) is 12.1. The molecule has 3 nitrogen and oxygen atoms in total. The Labute approximate surface area is 108 Å². The standard InChI is InChI=1S/C12H10Cl2N2O/c1-2-8-11(15-6-16-12(8)17)7-3-4-9(13)10(14)5-7/h3-6H,2H2,1H3,(H,15,16,17). The van der Waals surface area contributed by atoms with Gasteiger partial charge < -0.3 is 4.98 Å². The highest BCUT2D eigenvalue weighted by Crippen LogP contribution is 2.28. The zero-order chi connectivity index (χ0) is 12.4. The Morgan fingerprint density at radius 1 is 1.29 bits per heavy atom. The molecule has 0 atom stereocenters. The average molecular weight is 269 g/mol. The molecule has 0 fully saturated rings. The van der Waals surface area contributed by atoms with E-state index in [9.17, 15) is 4.79 Å². The quantitative estimate of drug-likeness (QED) is 0.909. The summed E-state index contributed by atoms with van der Waals surface area (Å²) in [5.74, 6) is 0. The molecule has 0 bridgehead atoms. The molecule has 0 aliphatic heterocycles. The van der Waals surface area contributed by atoms with Gasteiger partial charge in [0.15, 0.2) is 0 Å². The predicted octanol–water partition coefficient (Wildman–Crippen LogP) is 3.31. The van der Waals surface area contributed by atoms with Crippen LogP contribution in [-0.4, -0.2) is 9.97 Å². The maximum absolute atomic E-state index is 11.6. The van der Waals surface area contributed by atoms with Crippen LogP contribution in [0.25, 0.3) is 11.3 Å². The number of benzene rings is 1. The largest absolute Gasteiger partial charge is 0.313 e. The minimum absolute atomic E-state index is 0.122. The lowest BCUT2D eigenvalue weighted by atomic mass is 10.1. The van der Waals surface area contributed by atoms with Gasteiger partial charge in [0.2, 0.25) is 0 Å². The van der Waals surface area contributed by atoms with Crippen molar-refractivity contribution in [2.24, 2.45) is 0 Å². The van der Waals surface area contributed by atoms with Gasteiger partial charge in [0.1, 0.15) is 0 Å². The molecule has 0 saturated carbocycles. The Morgan fingerprint density at radius 2 is 2.06 bits per heavy atom. The summed E-state index contributed by atoms with van der Waals surface area (Å²) in [5.41, 5.74) is 1.96. The fraction of sp³-hybridized carbons (Fsp3) is 0.167. The molecule has 1 heterocycles. The summed E-state index contributed by atoms with van der Waals surface area (Å²) < 4.78 is 0. The van der Waals surface area contributed by atoms with Crippen LogP contribution in [0.15, 0.2) is 29.3 Å². The molecule has 0 saturated heterocycles. The van der Waals surface area contributed by atoms with Crippen molar-refractivity contribution in [3.8, 4) is 11.3 Å². The second-order valence-electron chi connectivity index (χ2n) is 3.54. The molecule has 0 radical (unpaired) electrons. The number of H-pyrrole nitrogens is 1. The van der Waals surface area contributed by atoms with E-state index in [0.29, 0.717) is 27.7 Å². The van der Waals surface area contributed by atoms with E-state index >= 15 is 0 Å². The third kappa shape index (κ3) is 2.35. The fourth-order valence-electron chi connectivity index (χ4n) is 1.65. The van der Waals surface area contributed by atoms with Crippen molar-refractivity contribution in [1.82, 2.24) is 9.97 Å². The van der Waals surface area contributed by atoms with Crippen molar-refractivity contribution in [2.45, 2.75) is 13.3 Å². The highest BCUT2D eigenvalue weighted by Gasteiger charge is 2.10. The van der Waals surface area contributed by atoms with Gasteiger partial charge in [-0.1, -0.05) is 36.2 Å². The monoisotopic (exact) mass is 268 g/mol. The summed E-state index contributed by atoms with van der Waals surface area (Å²) in [6, 6.07) is 5.21. The van der Waals surface area contributed by atoms with E-state index in [0.717, 1.165) is 5.56 Å². The number of aromatic amines is 1. The SMILES string of the molecule is CCc1c(-c2ccc(Cl)c(Cl)c2)nc[nH]c1=O. The minimum Gasteiger partial charge on any atom is -0.313 e. The van der Waals surface area contributed by atoms with E-state index in [1.165, 1.54) is 6.33 Å². The number of aromatic nitrogens is 2. The van der Waals surface area contributed by atoms with Crippen LogP contribution in [0.5, 0.6) is 0 Å². The molecule has 5 heteroatoms. The summed E-state index contributed by atoms with van der Waals surface area (Å²) in [6.45, 7) is 1.91. The number of halogens is 2. The van der Waals surface area contributed by atoms with Gasteiger partial charge in [-0.15, -0.1) is 0 Å². The van der Waals surface area contributed by atoms with Gasteiger partial charge in [-0.2, -0.15) is 0 Å². The molecule has 2 rings (SSSR count). The maximum atomic E-state index is 11.6. The number of hydrogen-bond donors (Lipinski definition) is 1. The maximum Gasteiger partial charge on any atom is 0.254 e. The highest BCUT2D eigenvalue weighted by atomic mass is 35.5. The molecule has 1 aromatic carbocycles. The molecule has 0 unspecified atom stereocenters. The van der Waals surface area contributed by atoms with Crippen LogP contribution in [0.1, 0.15) is 12.5 Å². The van der Waals surface area contributed by atoms with Gasteiger partial charge >= 0.3 is 0 Å². The number of rotatable bonds is 2. The lowest BCUT2D eigenvalue weighted by molar-refractivity contribution is 1.01. The van der Waals surface area contributed by atoms with E-state index in [2.05, 4.69) is 9.97 Å². The highest BCUT2D eigenvalue weighted by molar-refractivity contribution is 6.42. The summed E-state index contributed by atoms with van der Waals surface area (Å²) in [5, 5.41) is 0.937. The van der Waals surface area contributed by atoms with E-state index in [1.807, 2.05) is 6.92 Å². The molecule has 1 aromatic heterocycles. The zero-order valence-electron chi connectivity index (χ0n) is 9.13. The Hall–Kier alpha value is -1.32. The van der Waals surface area contributed by atoms with Crippen LogP contribution in [0.3, 0.4) is 0 Å². The Kier molecular flexibility index (Phi) is 3.50. The predicted molar refractivity (Wildman–Crippen MR) is 69.7 cm³/mol. The van der Waals surface area contributed by atoms with Gasteiger partial charge in [-0.25, -0.2) is 4.98 Å². The van der Waals surface area contributed by atoms with Gasteiger partial charge in [0.05, 0.1) is 22.1 Å². The van der Waals surface area contributed by atoms with Crippen LogP contribution < -0.4 is 5.56 Å². The van der Waals surface area contributed by atoms with Crippen molar-refractivity contribution in [2.75, 3.05) is 0 Å². The van der Waals surface area contributed by atoms with E-state index < -0.39 is 0 Å². The van der Waals surface area contributed by atoms with Gasteiger partial charge in [-0.3, -0.25) is 4.79 Å². The van der Waals surface area contributed by atoms with E-state index in [4.69, 9.17) is 23.2 Å². The first-order valence-corrected chi connectivity index (χ1v) is 5.91. The molecule has 1 N–H and O–H groups in total. The van der Waals surface area contributed by atoms with Crippen LogP contribution in [-0.2, 0) is 6.42 Å². The number of hydrogen-bond acceptors (Lipinski definition) is 2. The van der Waals surface area contributed by atoms with Gasteiger partial charge in [0.25, 0.3) is 5.56 Å². The summed E-state index contributed by atoms with van der Waals surface area (Å²) >= 11 is 11.8. The second kappa shape index (κ2) is 4.90. The number of nitrogens with zero attached hydrogens (tertiary/aromatic N) is 1. The Bertz CT molecular complexity index is 608. The molecule has 0 spiro atoms. The lowest BCUT2D eigenvalue weighted by Gasteiger charge is -2.06. The first-order valence-electron chi connectivity index (χ1n) is 5.15. The molecule has 0 amide bonds. The molecular weight excluding hydrogens is 259 g/mol. The molecule has 0 aliphatic rings. The first-order chi connectivity index (χ1) is 8.13. The van der Waals surface area contributed by atoms with Gasteiger partial charge in [-0.05, 0) is 18.6 Å². The van der Waals surface area contributed by atoms with Crippen molar-refractivity contribution < 1.29 is 0 Å². The summed E-state index contributed by atoms with van der Waals surface area (Å²) in [4.78, 5) is 18.4. The van der Waals surface area contributed by atoms with Crippen LogP contribution in [0.4, 0.5) is 0 Å². The Morgan fingerprint density at radius 3 is 2.71 bits per heavy atom. The van der Waals surface area contributed by atoms with Crippen LogP contribution >= 0.6 is 23.2 Å². The molecule has 88 valence electrons. The normalized spacial score (nSPS) is 10.5. The molecule has 17 heavy (non-hydrogen) atoms. The van der Waals surface area contributed by atoms with Gasteiger partial charge in [0, 0.05) is 11.1 Å². The van der Waals surface area contributed by atoms with Crippen LogP contribution in [0, 0.1) is 0 Å². The third-order valence-corrected chi connectivity index (χ3v) is 3.23. The van der Waals surface area contributed by atoms with Crippen molar-refractivity contribution in [3.63, 3.8) is 0 Å². The molecule has 2 aromatic rings. The lowest BCUT2D eigenvalue weighted by Crippen LogP contribution is -2.14. The topological polar surface area (TPSA) is 45.8 Å². The third-order valence-electron chi connectivity index (χ3n) is 2.50. The zero-order valence-corrected chi connectivity index (χ0v) is 10.6. The van der Waals surface area contributed by atoms with Crippen molar-refractivity contribution in [1.29, 1.82) is 0 Å². The molecule has 0 aliphatic carbocycles. The minimum atomic E-state index is -0.122. The number of nitrogens with one attached hydrogen (secondary N) is 1. The fourth-order valence-corrected chi connectivity index (χ4v) is 1.95. The summed E-state index contributed by atoms with van der Waals surface area (Å²) in [6.07, 6.45) is 2.00. The average Bonchev–Trinajstić information content (AvgIpc) is 2.32. The molecular formula is C12H10Cl2N2O. The van der Waals surface area contributed by atoms with E-state index in [-0.39, 0.29) is 5.56 Å². The smallest absolute Gasteiger partial charge is 0.254 e. The van der Waals surface area contributed by atoms with Crippen molar-refractivity contribution >= 4 is 23.2 Å². The van der Waals surface area contributed by atoms with Crippen LogP contribution in [0.2, 0.25) is 10.0 Å².